The minimum Gasteiger partial charge on any atom is -0.372 e. The van der Waals surface area contributed by atoms with Gasteiger partial charge in [-0.1, -0.05) is 31.6 Å². The highest BCUT2D eigenvalue weighted by atomic mass is 15.1. The van der Waals surface area contributed by atoms with E-state index in [-0.39, 0.29) is 5.41 Å². The van der Waals surface area contributed by atoms with Gasteiger partial charge in [-0.05, 0) is 67.7 Å². The number of H-pyrrole nitrogens is 1. The van der Waals surface area contributed by atoms with Crippen LogP contribution in [0.1, 0.15) is 68.5 Å². The van der Waals surface area contributed by atoms with Gasteiger partial charge in [0.1, 0.15) is 0 Å². The van der Waals surface area contributed by atoms with Crippen LogP contribution in [0.25, 0.3) is 16.5 Å². The molecule has 3 nitrogen and oxygen atoms in total. The van der Waals surface area contributed by atoms with Gasteiger partial charge >= 0.3 is 0 Å². The van der Waals surface area contributed by atoms with Gasteiger partial charge in [0.05, 0.1) is 11.6 Å². The molecule has 29 heavy (non-hydrogen) atoms. The lowest BCUT2D eigenvalue weighted by Crippen LogP contribution is -2.29. The molecule has 0 atom stereocenters. The third-order valence-corrected chi connectivity index (χ3v) is 6.78. The average molecular weight is 382 g/mol. The number of benzene rings is 2. The minimum absolute atomic E-state index is 0.136. The van der Waals surface area contributed by atoms with Gasteiger partial charge in [-0.25, -0.2) is 0 Å². The summed E-state index contributed by atoms with van der Waals surface area (Å²) in [6.45, 7) is 9.09. The highest BCUT2D eigenvalue weighted by Crippen LogP contribution is 2.53. The van der Waals surface area contributed by atoms with Crippen LogP contribution in [0, 0.1) is 11.3 Å². The minimum atomic E-state index is -0.136. The third-order valence-electron chi connectivity index (χ3n) is 6.78. The number of hydrogen-bond donors (Lipinski definition) is 1. The van der Waals surface area contributed by atoms with Crippen LogP contribution in [0.2, 0.25) is 0 Å². The Morgan fingerprint density at radius 1 is 1.10 bits per heavy atom. The second-order valence-corrected chi connectivity index (χ2v) is 9.29. The van der Waals surface area contributed by atoms with E-state index in [0.717, 1.165) is 5.52 Å². The Bertz CT molecular complexity index is 1220. The zero-order valence-corrected chi connectivity index (χ0v) is 17.9. The molecule has 0 aliphatic heterocycles. The van der Waals surface area contributed by atoms with Gasteiger partial charge in [-0.2, -0.15) is 5.26 Å². The predicted molar refractivity (Wildman–Crippen MR) is 120 cm³/mol. The van der Waals surface area contributed by atoms with Gasteiger partial charge in [0, 0.05) is 46.4 Å². The highest BCUT2D eigenvalue weighted by molar-refractivity contribution is 6.03. The van der Waals surface area contributed by atoms with Gasteiger partial charge in [-0.3, -0.25) is 0 Å². The average Bonchev–Trinajstić information content (AvgIpc) is 3.47. The van der Waals surface area contributed by atoms with Crippen molar-refractivity contribution in [2.24, 2.45) is 0 Å². The Balaban J connectivity index is 1.81. The molecule has 2 aliphatic rings. The second kappa shape index (κ2) is 6.00. The number of nitrogens with one attached hydrogen (secondary N) is 1. The Morgan fingerprint density at radius 3 is 2.52 bits per heavy atom. The first-order valence-corrected chi connectivity index (χ1v) is 10.5. The molecule has 2 aromatic carbocycles. The first-order chi connectivity index (χ1) is 13.8. The second-order valence-electron chi connectivity index (χ2n) is 9.29. The lowest BCUT2D eigenvalue weighted by molar-refractivity contribution is 0.612. The lowest BCUT2D eigenvalue weighted by Gasteiger charge is -2.36. The number of hydrogen-bond acceptors (Lipinski definition) is 2. The summed E-state index contributed by atoms with van der Waals surface area (Å²) in [7, 11) is 2.17. The van der Waals surface area contributed by atoms with E-state index in [1.54, 1.807) is 5.57 Å². The molecule has 5 rings (SSSR count). The molecule has 1 saturated carbocycles. The van der Waals surface area contributed by atoms with Crippen molar-refractivity contribution in [2.75, 3.05) is 11.9 Å². The van der Waals surface area contributed by atoms with Gasteiger partial charge in [0.25, 0.3) is 0 Å². The van der Waals surface area contributed by atoms with Crippen LogP contribution in [0.5, 0.6) is 0 Å². The normalized spacial score (nSPS) is 16.6. The molecular formula is C26H27N3. The molecule has 3 aromatic rings. The van der Waals surface area contributed by atoms with Crippen molar-refractivity contribution in [2.45, 2.75) is 52.0 Å². The molecule has 1 aromatic heterocycles. The molecular weight excluding hydrogens is 354 g/mol. The Morgan fingerprint density at radius 2 is 1.86 bits per heavy atom. The van der Waals surface area contributed by atoms with Crippen LogP contribution in [-0.2, 0) is 5.41 Å². The lowest BCUT2D eigenvalue weighted by atomic mass is 9.69. The van der Waals surface area contributed by atoms with E-state index < -0.39 is 0 Å². The molecule has 1 heterocycles. The smallest absolute Gasteiger partial charge is 0.0992 e. The van der Waals surface area contributed by atoms with Gasteiger partial charge in [0.2, 0.25) is 0 Å². The summed E-state index contributed by atoms with van der Waals surface area (Å²) in [6.07, 6.45) is 2.37. The summed E-state index contributed by atoms with van der Waals surface area (Å²) >= 11 is 0. The molecule has 0 spiro atoms. The van der Waals surface area contributed by atoms with Gasteiger partial charge in [-0.15, -0.1) is 0 Å². The van der Waals surface area contributed by atoms with Crippen molar-refractivity contribution >= 4 is 22.2 Å². The van der Waals surface area contributed by atoms with Gasteiger partial charge in [0.15, 0.2) is 0 Å². The number of allylic oxidation sites excluding steroid dienone is 1. The Hall–Kier alpha value is -2.99. The summed E-state index contributed by atoms with van der Waals surface area (Å²) in [6, 6.07) is 15.8. The van der Waals surface area contributed by atoms with Gasteiger partial charge < -0.3 is 9.88 Å². The summed E-state index contributed by atoms with van der Waals surface area (Å²) < 4.78 is 0. The number of anilines is 1. The molecule has 1 fully saturated rings. The van der Waals surface area contributed by atoms with Crippen LogP contribution in [0.15, 0.2) is 42.0 Å². The SMILES string of the molecule is CC(C)N(C)c1ccc2c(c1)C(C)(C)c1[nH]c3cc(C#N)ccc3c1C2=C1CC1. The number of nitrogens with zero attached hydrogens (tertiary/aromatic N) is 2. The standard InChI is InChI=1S/C26H27N3/c1-15(2)29(5)18-9-11-19-21(13-18)26(3,4)25-24(23(19)17-7-8-17)20-10-6-16(14-27)12-22(20)28-25/h6,9-13,15,28H,7-8H2,1-5H3. The largest absolute Gasteiger partial charge is 0.372 e. The Kier molecular flexibility index (Phi) is 3.74. The molecule has 0 bridgehead atoms. The summed E-state index contributed by atoms with van der Waals surface area (Å²) in [5, 5.41) is 10.6. The molecule has 3 heteroatoms. The quantitative estimate of drug-likeness (QED) is 0.581. The van der Waals surface area contributed by atoms with E-state index in [9.17, 15) is 5.26 Å². The summed E-state index contributed by atoms with van der Waals surface area (Å²) in [5.41, 5.74) is 11.2. The fourth-order valence-corrected chi connectivity index (χ4v) is 4.73. The first-order valence-electron chi connectivity index (χ1n) is 10.5. The van der Waals surface area contributed by atoms with Crippen molar-refractivity contribution < 1.29 is 0 Å². The fraction of sp³-hybridized carbons (Fsp3) is 0.346. The maximum Gasteiger partial charge on any atom is 0.0992 e. The van der Waals surface area contributed by atoms with Crippen molar-refractivity contribution in [1.82, 2.24) is 4.98 Å². The van der Waals surface area contributed by atoms with E-state index in [1.165, 1.54) is 51.9 Å². The van der Waals surface area contributed by atoms with E-state index in [2.05, 4.69) is 75.0 Å². The zero-order chi connectivity index (χ0) is 20.5. The molecule has 0 amide bonds. The van der Waals surface area contributed by atoms with Crippen molar-refractivity contribution in [3.63, 3.8) is 0 Å². The van der Waals surface area contributed by atoms with Crippen LogP contribution in [-0.4, -0.2) is 18.1 Å². The van der Waals surface area contributed by atoms with E-state index in [1.807, 2.05) is 12.1 Å². The number of aromatic nitrogens is 1. The number of aromatic amines is 1. The maximum absolute atomic E-state index is 9.34. The molecule has 1 N–H and O–H groups in total. The van der Waals surface area contributed by atoms with Crippen LogP contribution < -0.4 is 4.90 Å². The highest BCUT2D eigenvalue weighted by Gasteiger charge is 2.40. The zero-order valence-electron chi connectivity index (χ0n) is 17.9. The van der Waals surface area contributed by atoms with Crippen LogP contribution in [0.4, 0.5) is 5.69 Å². The van der Waals surface area contributed by atoms with Crippen molar-refractivity contribution in [3.05, 3.63) is 69.9 Å². The molecule has 146 valence electrons. The monoisotopic (exact) mass is 381 g/mol. The van der Waals surface area contributed by atoms with Crippen molar-refractivity contribution in [1.29, 1.82) is 5.26 Å². The van der Waals surface area contributed by atoms with Crippen LogP contribution in [0.3, 0.4) is 0 Å². The number of nitriles is 1. The Labute approximate surface area is 172 Å². The van der Waals surface area contributed by atoms with E-state index in [0.29, 0.717) is 11.6 Å². The van der Waals surface area contributed by atoms with E-state index in [4.69, 9.17) is 0 Å². The summed E-state index contributed by atoms with van der Waals surface area (Å²) in [5.74, 6) is 0. The summed E-state index contributed by atoms with van der Waals surface area (Å²) in [4.78, 5) is 6.04. The number of fused-ring (bicyclic) bond motifs is 4. The molecule has 0 unspecified atom stereocenters. The molecule has 0 saturated heterocycles. The maximum atomic E-state index is 9.34. The fourth-order valence-electron chi connectivity index (χ4n) is 4.73. The van der Waals surface area contributed by atoms with Crippen molar-refractivity contribution in [3.8, 4) is 6.07 Å². The molecule has 2 aliphatic carbocycles. The number of rotatable bonds is 2. The predicted octanol–water partition coefficient (Wildman–Crippen LogP) is 6.12. The topological polar surface area (TPSA) is 42.8 Å². The van der Waals surface area contributed by atoms with E-state index >= 15 is 0 Å². The molecule has 0 radical (unpaired) electrons. The third kappa shape index (κ3) is 2.55. The first kappa shape index (κ1) is 18.1. The van der Waals surface area contributed by atoms with Crippen LogP contribution >= 0.6 is 0 Å².